The quantitative estimate of drug-likeness (QED) is 0.855. The van der Waals surface area contributed by atoms with E-state index in [-0.39, 0.29) is 18.8 Å². The summed E-state index contributed by atoms with van der Waals surface area (Å²) in [6, 6.07) is 7.28. The summed E-state index contributed by atoms with van der Waals surface area (Å²) in [7, 11) is 1.46. The second-order valence-corrected chi connectivity index (χ2v) is 5.62. The van der Waals surface area contributed by atoms with Crippen molar-refractivity contribution < 1.29 is 23.8 Å². The molecule has 0 aliphatic heterocycles. The van der Waals surface area contributed by atoms with E-state index in [9.17, 15) is 9.59 Å². The van der Waals surface area contributed by atoms with Crippen LogP contribution in [-0.2, 0) is 9.53 Å². The second-order valence-electron chi connectivity index (χ2n) is 5.62. The van der Waals surface area contributed by atoms with Gasteiger partial charge in [-0.25, -0.2) is 0 Å². The van der Waals surface area contributed by atoms with E-state index in [1.165, 1.54) is 7.11 Å². The molecule has 0 radical (unpaired) electrons. The van der Waals surface area contributed by atoms with Crippen LogP contribution in [-0.4, -0.2) is 36.2 Å². The zero-order valence-corrected chi connectivity index (χ0v) is 12.8. The van der Waals surface area contributed by atoms with Gasteiger partial charge in [-0.3, -0.25) is 9.59 Å². The first kappa shape index (κ1) is 16.0. The average molecular weight is 305 g/mol. The molecule has 2 N–H and O–H groups in total. The van der Waals surface area contributed by atoms with Gasteiger partial charge in [-0.05, 0) is 25.5 Å². The van der Waals surface area contributed by atoms with Gasteiger partial charge in [-0.2, -0.15) is 0 Å². The van der Waals surface area contributed by atoms with Crippen LogP contribution in [0, 0.1) is 6.92 Å². The van der Waals surface area contributed by atoms with E-state index < -0.39 is 17.4 Å². The van der Waals surface area contributed by atoms with Gasteiger partial charge in [0.2, 0.25) is 0 Å². The molecule has 2 aromatic rings. The topological polar surface area (TPSA) is 88.8 Å². The normalized spacial score (nSPS) is 13.8. The Balaban J connectivity index is 2.25. The number of hydrogen-bond donors (Lipinski definition) is 2. The van der Waals surface area contributed by atoms with E-state index in [1.807, 2.05) is 25.1 Å². The standard InChI is InChI=1S/C16H19NO5/c1-10-5-4-6-11-7-12(22-14(10)11)15(20)17-16(2,9-21-3)8-13(18)19/h4-7H,8-9H2,1-3H3,(H,17,20)(H,18,19). The number of rotatable bonds is 6. The zero-order valence-electron chi connectivity index (χ0n) is 12.8. The Morgan fingerprint density at radius 3 is 2.73 bits per heavy atom. The molecule has 22 heavy (non-hydrogen) atoms. The molecule has 1 aromatic heterocycles. The molecule has 0 saturated carbocycles. The maximum Gasteiger partial charge on any atom is 0.305 e. The van der Waals surface area contributed by atoms with Crippen LogP contribution in [0.5, 0.6) is 0 Å². The fraction of sp³-hybridized carbons (Fsp3) is 0.375. The van der Waals surface area contributed by atoms with E-state index in [1.54, 1.807) is 13.0 Å². The first-order chi connectivity index (χ1) is 10.3. The van der Waals surface area contributed by atoms with Gasteiger partial charge < -0.3 is 19.6 Å². The molecular weight excluding hydrogens is 286 g/mol. The molecule has 0 fully saturated rings. The fourth-order valence-corrected chi connectivity index (χ4v) is 2.44. The Kier molecular flexibility index (Phi) is 4.51. The van der Waals surface area contributed by atoms with Crippen LogP contribution in [0.2, 0.25) is 0 Å². The highest BCUT2D eigenvalue weighted by Crippen LogP contribution is 2.23. The van der Waals surface area contributed by atoms with Crippen LogP contribution in [0.15, 0.2) is 28.7 Å². The predicted molar refractivity (Wildman–Crippen MR) is 81.0 cm³/mol. The lowest BCUT2D eigenvalue weighted by molar-refractivity contribution is -0.139. The SMILES string of the molecule is COCC(C)(CC(=O)O)NC(=O)c1cc2cccc(C)c2o1. The molecule has 1 unspecified atom stereocenters. The highest BCUT2D eigenvalue weighted by atomic mass is 16.5. The average Bonchev–Trinajstić information content (AvgIpc) is 2.83. The largest absolute Gasteiger partial charge is 0.481 e. The molecule has 0 bridgehead atoms. The van der Waals surface area contributed by atoms with Gasteiger partial charge in [-0.15, -0.1) is 0 Å². The third-order valence-corrected chi connectivity index (χ3v) is 3.38. The van der Waals surface area contributed by atoms with Gasteiger partial charge in [0, 0.05) is 12.5 Å². The van der Waals surface area contributed by atoms with Crippen LogP contribution < -0.4 is 5.32 Å². The number of methoxy groups -OCH3 is 1. The number of benzene rings is 1. The van der Waals surface area contributed by atoms with Gasteiger partial charge in [-0.1, -0.05) is 18.2 Å². The monoisotopic (exact) mass is 305 g/mol. The molecule has 0 aliphatic carbocycles. The van der Waals surface area contributed by atoms with Gasteiger partial charge in [0.05, 0.1) is 18.6 Å². The van der Waals surface area contributed by atoms with E-state index in [2.05, 4.69) is 5.32 Å². The van der Waals surface area contributed by atoms with Gasteiger partial charge in [0.15, 0.2) is 5.76 Å². The van der Waals surface area contributed by atoms with Crippen molar-refractivity contribution >= 4 is 22.8 Å². The molecule has 1 heterocycles. The summed E-state index contributed by atoms with van der Waals surface area (Å²) in [6.45, 7) is 3.60. The lowest BCUT2D eigenvalue weighted by atomic mass is 9.99. The molecule has 1 atom stereocenters. The lowest BCUT2D eigenvalue weighted by Gasteiger charge is -2.27. The molecule has 0 saturated heterocycles. The summed E-state index contributed by atoms with van der Waals surface area (Å²) in [5.41, 5.74) is 0.576. The molecule has 0 spiro atoms. The molecule has 1 aromatic carbocycles. The van der Waals surface area contributed by atoms with Crippen molar-refractivity contribution in [1.82, 2.24) is 5.32 Å². The van der Waals surface area contributed by atoms with Gasteiger partial charge >= 0.3 is 5.97 Å². The number of carboxylic acid groups (broad SMARTS) is 1. The summed E-state index contributed by atoms with van der Waals surface area (Å²) in [5.74, 6) is -1.33. The number of fused-ring (bicyclic) bond motifs is 1. The molecule has 0 aliphatic rings. The number of hydrogen-bond acceptors (Lipinski definition) is 4. The Hall–Kier alpha value is -2.34. The number of carbonyl (C=O) groups is 2. The van der Waals surface area contributed by atoms with E-state index in [0.717, 1.165) is 10.9 Å². The van der Waals surface area contributed by atoms with Gasteiger partial charge in [0.25, 0.3) is 5.91 Å². The zero-order chi connectivity index (χ0) is 16.3. The molecule has 118 valence electrons. The number of aryl methyl sites for hydroxylation is 1. The third kappa shape index (κ3) is 3.46. The summed E-state index contributed by atoms with van der Waals surface area (Å²) in [6.07, 6.45) is -0.244. The maximum absolute atomic E-state index is 12.3. The van der Waals surface area contributed by atoms with Crippen molar-refractivity contribution in [2.45, 2.75) is 25.8 Å². The van der Waals surface area contributed by atoms with E-state index >= 15 is 0 Å². The van der Waals surface area contributed by atoms with Crippen LogP contribution in [0.4, 0.5) is 0 Å². The number of carboxylic acids is 1. The molecule has 6 heteroatoms. The third-order valence-electron chi connectivity index (χ3n) is 3.38. The van der Waals surface area contributed by atoms with Crippen molar-refractivity contribution in [3.05, 3.63) is 35.6 Å². The van der Waals surface area contributed by atoms with Crippen molar-refractivity contribution in [3.8, 4) is 0 Å². The number of nitrogens with one attached hydrogen (secondary N) is 1. The fourth-order valence-electron chi connectivity index (χ4n) is 2.44. The highest BCUT2D eigenvalue weighted by molar-refractivity contribution is 5.97. The summed E-state index contributed by atoms with van der Waals surface area (Å²) >= 11 is 0. The minimum Gasteiger partial charge on any atom is -0.481 e. The molecule has 1 amide bonds. The highest BCUT2D eigenvalue weighted by Gasteiger charge is 2.31. The number of carbonyl (C=O) groups excluding carboxylic acids is 1. The first-order valence-corrected chi connectivity index (χ1v) is 6.87. The smallest absolute Gasteiger partial charge is 0.305 e. The summed E-state index contributed by atoms with van der Waals surface area (Å²) < 4.78 is 10.6. The number of furan rings is 1. The van der Waals surface area contributed by atoms with Crippen LogP contribution in [0.3, 0.4) is 0 Å². The van der Waals surface area contributed by atoms with E-state index in [0.29, 0.717) is 5.58 Å². The Bertz CT molecular complexity index is 706. The first-order valence-electron chi connectivity index (χ1n) is 6.87. The van der Waals surface area contributed by atoms with E-state index in [4.69, 9.17) is 14.3 Å². The van der Waals surface area contributed by atoms with Crippen LogP contribution >= 0.6 is 0 Å². The minimum atomic E-state index is -1.01. The molecule has 6 nitrogen and oxygen atoms in total. The van der Waals surface area contributed by atoms with Crippen molar-refractivity contribution in [2.24, 2.45) is 0 Å². The van der Waals surface area contributed by atoms with Crippen molar-refractivity contribution in [1.29, 1.82) is 0 Å². The Labute approximate surface area is 128 Å². The summed E-state index contributed by atoms with van der Waals surface area (Å²) in [5, 5.41) is 12.5. The second kappa shape index (κ2) is 6.19. The summed E-state index contributed by atoms with van der Waals surface area (Å²) in [4.78, 5) is 23.3. The lowest BCUT2D eigenvalue weighted by Crippen LogP contribution is -2.50. The Morgan fingerprint density at radius 2 is 2.14 bits per heavy atom. The van der Waals surface area contributed by atoms with Crippen molar-refractivity contribution in [3.63, 3.8) is 0 Å². The number of para-hydroxylation sites is 1. The Morgan fingerprint density at radius 1 is 1.41 bits per heavy atom. The number of ether oxygens (including phenoxy) is 1. The minimum absolute atomic E-state index is 0.0876. The van der Waals surface area contributed by atoms with Crippen molar-refractivity contribution in [2.75, 3.05) is 13.7 Å². The van der Waals surface area contributed by atoms with Crippen LogP contribution in [0.25, 0.3) is 11.0 Å². The van der Waals surface area contributed by atoms with Gasteiger partial charge in [0.1, 0.15) is 5.58 Å². The number of amides is 1. The molecular formula is C16H19NO5. The van der Waals surface area contributed by atoms with Crippen LogP contribution in [0.1, 0.15) is 29.5 Å². The number of aliphatic carboxylic acids is 1. The predicted octanol–water partition coefficient (Wildman–Crippen LogP) is 2.35. The maximum atomic E-state index is 12.3. The molecule has 2 rings (SSSR count).